The number of halogens is 1. The zero-order valence-corrected chi connectivity index (χ0v) is 10.2. The van der Waals surface area contributed by atoms with Crippen LogP contribution in [-0.4, -0.2) is 18.3 Å². The summed E-state index contributed by atoms with van der Waals surface area (Å²) in [5, 5.41) is 13.0. The molecule has 2 rings (SSSR count). The van der Waals surface area contributed by atoms with Crippen molar-refractivity contribution in [2.45, 2.75) is 25.8 Å². The summed E-state index contributed by atoms with van der Waals surface area (Å²) in [4.78, 5) is 0. The third-order valence-electron chi connectivity index (χ3n) is 2.75. The summed E-state index contributed by atoms with van der Waals surface area (Å²) in [5.74, 6) is 0.808. The van der Waals surface area contributed by atoms with E-state index in [0.29, 0.717) is 18.4 Å². The van der Waals surface area contributed by atoms with Gasteiger partial charge in [-0.05, 0) is 44.0 Å². The Morgan fingerprint density at radius 1 is 1.50 bits per heavy atom. The van der Waals surface area contributed by atoms with Gasteiger partial charge in [-0.25, -0.2) is 0 Å². The van der Waals surface area contributed by atoms with Crippen LogP contribution in [0.2, 0.25) is 0 Å². The Morgan fingerprint density at radius 2 is 2.31 bits per heavy atom. The smallest absolute Gasteiger partial charge is 0.161 e. The van der Waals surface area contributed by atoms with Crippen LogP contribution in [0.4, 0.5) is 0 Å². The monoisotopic (exact) mass is 243 g/mol. The van der Waals surface area contributed by atoms with Crippen molar-refractivity contribution in [1.82, 2.24) is 5.32 Å². The normalized spacial score (nSPS) is 19.2. The molecule has 2 N–H and O–H groups in total. The summed E-state index contributed by atoms with van der Waals surface area (Å²) in [5.41, 5.74) is 1.20. The fourth-order valence-corrected chi connectivity index (χ4v) is 1.99. The Hall–Kier alpha value is -0.930. The molecule has 16 heavy (non-hydrogen) atoms. The molecule has 1 aliphatic heterocycles. The highest BCUT2D eigenvalue weighted by Crippen LogP contribution is 2.31. The molecule has 0 saturated carbocycles. The van der Waals surface area contributed by atoms with Crippen molar-refractivity contribution in [3.8, 4) is 11.5 Å². The molecule has 1 fully saturated rings. The van der Waals surface area contributed by atoms with Gasteiger partial charge in [-0.3, -0.25) is 0 Å². The van der Waals surface area contributed by atoms with E-state index in [1.807, 2.05) is 19.1 Å². The van der Waals surface area contributed by atoms with Crippen LogP contribution in [0.5, 0.6) is 11.5 Å². The first kappa shape index (κ1) is 13.1. The van der Waals surface area contributed by atoms with Crippen molar-refractivity contribution in [2.75, 3.05) is 13.2 Å². The molecule has 1 aromatic rings. The van der Waals surface area contributed by atoms with Crippen molar-refractivity contribution >= 4 is 12.4 Å². The Balaban J connectivity index is 0.00000128. The molecular weight excluding hydrogens is 226 g/mol. The molecule has 0 unspecified atom stereocenters. The first-order valence-electron chi connectivity index (χ1n) is 5.50. The van der Waals surface area contributed by atoms with Crippen LogP contribution >= 0.6 is 12.4 Å². The van der Waals surface area contributed by atoms with E-state index in [2.05, 4.69) is 5.32 Å². The van der Waals surface area contributed by atoms with Crippen LogP contribution < -0.4 is 10.1 Å². The van der Waals surface area contributed by atoms with Crippen molar-refractivity contribution < 1.29 is 9.84 Å². The third-order valence-corrected chi connectivity index (χ3v) is 2.75. The molecule has 0 aromatic heterocycles. The highest BCUT2D eigenvalue weighted by molar-refractivity contribution is 5.85. The van der Waals surface area contributed by atoms with Gasteiger partial charge in [-0.1, -0.05) is 6.07 Å². The topological polar surface area (TPSA) is 41.5 Å². The van der Waals surface area contributed by atoms with Gasteiger partial charge in [0, 0.05) is 6.04 Å². The molecule has 1 atom stereocenters. The lowest BCUT2D eigenvalue weighted by Gasteiger charge is -2.13. The Labute approximate surface area is 102 Å². The number of benzene rings is 1. The van der Waals surface area contributed by atoms with Crippen molar-refractivity contribution in [2.24, 2.45) is 0 Å². The number of ether oxygens (including phenoxy) is 1. The summed E-state index contributed by atoms with van der Waals surface area (Å²) in [6, 6.07) is 6.02. The van der Waals surface area contributed by atoms with Gasteiger partial charge in [0.05, 0.1) is 6.61 Å². The van der Waals surface area contributed by atoms with E-state index in [1.54, 1.807) is 6.07 Å². The Kier molecular flexibility index (Phi) is 4.90. The number of phenolic OH excluding ortho intramolecular Hbond substituents is 1. The minimum absolute atomic E-state index is 0. The maximum Gasteiger partial charge on any atom is 0.161 e. The predicted octanol–water partition coefficient (Wildman–Crippen LogP) is 2.64. The molecular formula is C12H18ClNO2. The predicted molar refractivity (Wildman–Crippen MR) is 66.5 cm³/mol. The van der Waals surface area contributed by atoms with Gasteiger partial charge in [-0.2, -0.15) is 0 Å². The van der Waals surface area contributed by atoms with Gasteiger partial charge in [-0.15, -0.1) is 12.4 Å². The fourth-order valence-electron chi connectivity index (χ4n) is 1.99. The Morgan fingerprint density at radius 3 is 2.94 bits per heavy atom. The fraction of sp³-hybridized carbons (Fsp3) is 0.500. The van der Waals surface area contributed by atoms with E-state index in [1.165, 1.54) is 12.0 Å². The van der Waals surface area contributed by atoms with Crippen LogP contribution in [0.3, 0.4) is 0 Å². The van der Waals surface area contributed by atoms with E-state index in [-0.39, 0.29) is 18.2 Å². The van der Waals surface area contributed by atoms with Crippen LogP contribution in [0.1, 0.15) is 31.4 Å². The van der Waals surface area contributed by atoms with Gasteiger partial charge >= 0.3 is 0 Å². The summed E-state index contributed by atoms with van der Waals surface area (Å²) in [7, 11) is 0. The highest BCUT2D eigenvalue weighted by atomic mass is 35.5. The van der Waals surface area contributed by atoms with Crippen LogP contribution in [0, 0.1) is 0 Å². The van der Waals surface area contributed by atoms with Gasteiger partial charge < -0.3 is 15.2 Å². The third kappa shape index (κ3) is 2.80. The molecule has 1 heterocycles. The van der Waals surface area contributed by atoms with E-state index in [0.717, 1.165) is 13.0 Å². The number of nitrogens with one attached hydrogen (secondary N) is 1. The van der Waals surface area contributed by atoms with Crippen molar-refractivity contribution in [3.05, 3.63) is 23.8 Å². The summed E-state index contributed by atoms with van der Waals surface area (Å²) in [6.45, 7) is 3.57. The molecule has 0 radical (unpaired) electrons. The van der Waals surface area contributed by atoms with Gasteiger partial charge in [0.25, 0.3) is 0 Å². The summed E-state index contributed by atoms with van der Waals surface area (Å²) < 4.78 is 5.36. The molecule has 0 amide bonds. The Bertz CT molecular complexity index is 338. The average Bonchev–Trinajstić information content (AvgIpc) is 2.75. The molecule has 0 aliphatic carbocycles. The molecule has 0 spiro atoms. The summed E-state index contributed by atoms with van der Waals surface area (Å²) in [6.07, 6.45) is 2.38. The molecule has 4 heteroatoms. The second-order valence-electron chi connectivity index (χ2n) is 3.81. The first-order valence-corrected chi connectivity index (χ1v) is 5.50. The quantitative estimate of drug-likeness (QED) is 0.858. The van der Waals surface area contributed by atoms with Gasteiger partial charge in [0.1, 0.15) is 0 Å². The van der Waals surface area contributed by atoms with Gasteiger partial charge in [0.15, 0.2) is 11.5 Å². The number of hydrogen-bond acceptors (Lipinski definition) is 3. The number of aromatic hydroxyl groups is 1. The first-order chi connectivity index (χ1) is 7.31. The van der Waals surface area contributed by atoms with E-state index >= 15 is 0 Å². The zero-order chi connectivity index (χ0) is 10.7. The second-order valence-corrected chi connectivity index (χ2v) is 3.81. The standard InChI is InChI=1S/C12H17NO2.ClH/c1-2-15-12-8-9(5-6-11(12)14)10-4-3-7-13-10;/h5-6,8,10,13-14H,2-4,7H2,1H3;1H/t10-;/m0./s1. The molecule has 1 aliphatic rings. The van der Waals surface area contributed by atoms with Crippen LogP contribution in [0.15, 0.2) is 18.2 Å². The number of rotatable bonds is 3. The maximum atomic E-state index is 9.56. The van der Waals surface area contributed by atoms with Gasteiger partial charge in [0.2, 0.25) is 0 Å². The van der Waals surface area contributed by atoms with E-state index < -0.39 is 0 Å². The maximum absolute atomic E-state index is 9.56. The SMILES string of the molecule is CCOc1cc([C@@H]2CCCN2)ccc1O.Cl. The van der Waals surface area contributed by atoms with Crippen molar-refractivity contribution in [1.29, 1.82) is 0 Å². The molecule has 0 bridgehead atoms. The minimum Gasteiger partial charge on any atom is -0.504 e. The van der Waals surface area contributed by atoms with Crippen molar-refractivity contribution in [3.63, 3.8) is 0 Å². The second kappa shape index (κ2) is 5.97. The number of hydrogen-bond donors (Lipinski definition) is 2. The largest absolute Gasteiger partial charge is 0.504 e. The lowest BCUT2D eigenvalue weighted by molar-refractivity contribution is 0.317. The van der Waals surface area contributed by atoms with Crippen LogP contribution in [-0.2, 0) is 0 Å². The number of phenols is 1. The van der Waals surface area contributed by atoms with E-state index in [4.69, 9.17) is 4.74 Å². The zero-order valence-electron chi connectivity index (χ0n) is 9.40. The average molecular weight is 244 g/mol. The molecule has 90 valence electrons. The lowest BCUT2D eigenvalue weighted by Crippen LogP contribution is -2.12. The molecule has 1 aromatic carbocycles. The molecule has 3 nitrogen and oxygen atoms in total. The van der Waals surface area contributed by atoms with Crippen LogP contribution in [0.25, 0.3) is 0 Å². The van der Waals surface area contributed by atoms with E-state index in [9.17, 15) is 5.11 Å². The highest BCUT2D eigenvalue weighted by Gasteiger charge is 2.17. The lowest BCUT2D eigenvalue weighted by atomic mass is 10.0. The minimum atomic E-state index is 0. The summed E-state index contributed by atoms with van der Waals surface area (Å²) >= 11 is 0. The molecule has 1 saturated heterocycles.